The van der Waals surface area contributed by atoms with Gasteiger partial charge < -0.3 is 14.8 Å². The summed E-state index contributed by atoms with van der Waals surface area (Å²) in [6.45, 7) is 1.76. The summed E-state index contributed by atoms with van der Waals surface area (Å²) in [5.41, 5.74) is -1.10. The highest BCUT2D eigenvalue weighted by Crippen LogP contribution is 2.37. The number of nitrogens with zero attached hydrogens (tertiary/aromatic N) is 1. The number of hydrogen-bond donors (Lipinski definition) is 1. The predicted molar refractivity (Wildman–Crippen MR) is 139 cm³/mol. The van der Waals surface area contributed by atoms with Crippen molar-refractivity contribution in [3.05, 3.63) is 125 Å². The molecule has 220 valence electrons. The van der Waals surface area contributed by atoms with Crippen LogP contribution in [0.5, 0.6) is 11.5 Å². The Labute approximate surface area is 235 Å². The maximum atomic E-state index is 13.8. The highest BCUT2D eigenvalue weighted by molar-refractivity contribution is 5.73. The summed E-state index contributed by atoms with van der Waals surface area (Å²) < 4.78 is 103. The number of benzene rings is 3. The van der Waals surface area contributed by atoms with E-state index >= 15 is 0 Å². The molecule has 12 heteroatoms. The number of ether oxygens (including phenoxy) is 2. The molecule has 0 saturated heterocycles. The van der Waals surface area contributed by atoms with Gasteiger partial charge in [-0.2, -0.15) is 30.7 Å². The number of hydrogen-bond acceptors (Lipinski definition) is 4. The fraction of sp³-hybridized carbons (Fsp3) is 0.200. The molecule has 0 saturated carbocycles. The van der Waals surface area contributed by atoms with E-state index in [1.54, 1.807) is 49.4 Å². The van der Waals surface area contributed by atoms with E-state index in [2.05, 4.69) is 15.0 Å². The van der Waals surface area contributed by atoms with Crippen molar-refractivity contribution in [1.82, 2.24) is 10.3 Å². The zero-order valence-corrected chi connectivity index (χ0v) is 21.8. The van der Waals surface area contributed by atoms with Crippen LogP contribution in [0.4, 0.5) is 35.5 Å². The van der Waals surface area contributed by atoms with E-state index in [1.807, 2.05) is 0 Å². The quantitative estimate of drug-likeness (QED) is 0.201. The standard InChI is InChI=1S/C30H23F7N2O3/c1-19-13-14-25(38-18-19)28(17-20-7-3-2-4-8-20,21-9-5-12-24(15-21)42-30(36,37)26(31)32)39-27(40)41-23-11-6-10-22(16-23)29(33,34)35/h2-16,18,26H,17H2,1H3,(H,39,40)/t28-/m0/s1. The summed E-state index contributed by atoms with van der Waals surface area (Å²) in [4.78, 5) is 17.7. The van der Waals surface area contributed by atoms with Gasteiger partial charge >= 0.3 is 24.8 Å². The first-order valence-corrected chi connectivity index (χ1v) is 12.4. The molecule has 1 N–H and O–H groups in total. The molecule has 0 fully saturated rings. The number of halogens is 7. The van der Waals surface area contributed by atoms with Crippen LogP contribution in [-0.2, 0) is 18.1 Å². The predicted octanol–water partition coefficient (Wildman–Crippen LogP) is 7.92. The molecule has 0 unspecified atom stereocenters. The highest BCUT2D eigenvalue weighted by atomic mass is 19.4. The average molecular weight is 593 g/mol. The van der Waals surface area contributed by atoms with Crippen LogP contribution in [0.25, 0.3) is 0 Å². The van der Waals surface area contributed by atoms with E-state index in [9.17, 15) is 35.5 Å². The van der Waals surface area contributed by atoms with Gasteiger partial charge in [-0.3, -0.25) is 4.98 Å². The van der Waals surface area contributed by atoms with Crippen molar-refractivity contribution in [3.63, 3.8) is 0 Å². The fourth-order valence-corrected chi connectivity index (χ4v) is 4.21. The van der Waals surface area contributed by atoms with E-state index in [0.717, 1.165) is 35.9 Å². The van der Waals surface area contributed by atoms with Gasteiger partial charge in [0.15, 0.2) is 0 Å². The number of nitrogens with one attached hydrogen (secondary N) is 1. The topological polar surface area (TPSA) is 60.5 Å². The summed E-state index contributed by atoms with van der Waals surface area (Å²) in [5.74, 6) is -1.04. The Kier molecular flexibility index (Phi) is 8.74. The number of carbonyl (C=O) groups is 1. The van der Waals surface area contributed by atoms with Gasteiger partial charge in [-0.1, -0.05) is 54.6 Å². The lowest BCUT2D eigenvalue weighted by Gasteiger charge is -2.35. The molecule has 4 rings (SSSR count). The van der Waals surface area contributed by atoms with Gasteiger partial charge in [0.25, 0.3) is 0 Å². The summed E-state index contributed by atoms with van der Waals surface area (Å²) in [7, 11) is 0. The normalized spacial score (nSPS) is 13.4. The summed E-state index contributed by atoms with van der Waals surface area (Å²) in [6, 6.07) is 20.3. The van der Waals surface area contributed by atoms with Crippen molar-refractivity contribution in [2.45, 2.75) is 37.6 Å². The van der Waals surface area contributed by atoms with Crippen LogP contribution in [0, 0.1) is 6.92 Å². The van der Waals surface area contributed by atoms with Gasteiger partial charge in [-0.25, -0.2) is 4.79 Å². The second-order valence-corrected chi connectivity index (χ2v) is 9.32. The van der Waals surface area contributed by atoms with Gasteiger partial charge in [0.2, 0.25) is 0 Å². The first-order chi connectivity index (χ1) is 19.8. The Balaban J connectivity index is 1.83. The fourth-order valence-electron chi connectivity index (χ4n) is 4.21. The van der Waals surface area contributed by atoms with E-state index in [1.165, 1.54) is 18.3 Å². The van der Waals surface area contributed by atoms with Gasteiger partial charge in [0.05, 0.1) is 11.3 Å². The molecule has 0 aliphatic carbocycles. The maximum absolute atomic E-state index is 13.8. The minimum Gasteiger partial charge on any atom is -0.428 e. The number of alkyl halides is 7. The van der Waals surface area contributed by atoms with Gasteiger partial charge in [0, 0.05) is 12.6 Å². The number of pyridine rings is 1. The molecule has 5 nitrogen and oxygen atoms in total. The average Bonchev–Trinajstić information content (AvgIpc) is 2.93. The second-order valence-electron chi connectivity index (χ2n) is 9.32. The molecular weight excluding hydrogens is 569 g/mol. The van der Waals surface area contributed by atoms with Gasteiger partial charge in [0.1, 0.15) is 17.0 Å². The summed E-state index contributed by atoms with van der Waals surface area (Å²) in [5, 5.41) is 2.65. The first kappa shape index (κ1) is 30.4. The molecule has 0 bridgehead atoms. The zero-order valence-electron chi connectivity index (χ0n) is 21.8. The van der Waals surface area contributed by atoms with Crippen LogP contribution in [0.1, 0.15) is 27.9 Å². The van der Waals surface area contributed by atoms with Gasteiger partial charge in [-0.15, -0.1) is 0 Å². The molecule has 0 spiro atoms. The van der Waals surface area contributed by atoms with Crippen molar-refractivity contribution in [2.75, 3.05) is 0 Å². The van der Waals surface area contributed by atoms with Crippen LogP contribution < -0.4 is 14.8 Å². The van der Waals surface area contributed by atoms with E-state index in [4.69, 9.17) is 4.74 Å². The molecule has 0 aliphatic heterocycles. The minimum atomic E-state index is -4.81. The van der Waals surface area contributed by atoms with Crippen LogP contribution >= 0.6 is 0 Å². The SMILES string of the molecule is Cc1ccc([C@@](Cc2ccccc2)(NC(=O)Oc2cccc(C(F)(F)F)c2)c2cccc(OC(F)(F)C(F)F)c2)nc1. The lowest BCUT2D eigenvalue weighted by molar-refractivity contribution is -0.253. The molecule has 3 aromatic carbocycles. The number of aromatic nitrogens is 1. The molecule has 42 heavy (non-hydrogen) atoms. The third kappa shape index (κ3) is 7.17. The number of carbonyl (C=O) groups excluding carboxylic acids is 1. The monoisotopic (exact) mass is 592 g/mol. The molecular formula is C30H23F7N2O3. The molecule has 1 heterocycles. The minimum absolute atomic E-state index is 0.0592. The third-order valence-corrected chi connectivity index (χ3v) is 6.18. The van der Waals surface area contributed by atoms with Crippen LogP contribution in [0.3, 0.4) is 0 Å². The summed E-state index contributed by atoms with van der Waals surface area (Å²) in [6.07, 6.45) is -13.4. The second kappa shape index (κ2) is 12.1. The first-order valence-electron chi connectivity index (χ1n) is 12.4. The number of aryl methyl sites for hydroxylation is 1. The van der Waals surface area contributed by atoms with Crippen LogP contribution in [0.15, 0.2) is 97.2 Å². The van der Waals surface area contributed by atoms with Crippen molar-refractivity contribution >= 4 is 6.09 Å². The smallest absolute Gasteiger partial charge is 0.428 e. The van der Waals surface area contributed by atoms with Crippen molar-refractivity contribution in [2.24, 2.45) is 0 Å². The summed E-state index contributed by atoms with van der Waals surface area (Å²) >= 11 is 0. The molecule has 4 aromatic rings. The molecule has 1 atom stereocenters. The molecule has 1 aromatic heterocycles. The largest absolute Gasteiger partial charge is 0.461 e. The number of rotatable bonds is 9. The lowest BCUT2D eigenvalue weighted by atomic mass is 9.80. The van der Waals surface area contributed by atoms with E-state index in [0.29, 0.717) is 11.6 Å². The van der Waals surface area contributed by atoms with Crippen LogP contribution in [0.2, 0.25) is 0 Å². The Hall–Kier alpha value is -4.61. The van der Waals surface area contributed by atoms with E-state index in [-0.39, 0.29) is 17.7 Å². The van der Waals surface area contributed by atoms with Crippen molar-refractivity contribution in [3.8, 4) is 11.5 Å². The van der Waals surface area contributed by atoms with Gasteiger partial charge in [-0.05, 0) is 60.0 Å². The highest BCUT2D eigenvalue weighted by Gasteiger charge is 2.45. The Morgan fingerprint density at radius 3 is 2.10 bits per heavy atom. The third-order valence-electron chi connectivity index (χ3n) is 6.18. The van der Waals surface area contributed by atoms with Crippen molar-refractivity contribution < 1.29 is 45.0 Å². The van der Waals surface area contributed by atoms with Crippen molar-refractivity contribution in [1.29, 1.82) is 0 Å². The number of amides is 1. The maximum Gasteiger partial charge on any atom is 0.461 e. The van der Waals surface area contributed by atoms with E-state index < -0.39 is 47.4 Å². The Morgan fingerprint density at radius 1 is 0.833 bits per heavy atom. The molecule has 0 radical (unpaired) electrons. The lowest BCUT2D eigenvalue weighted by Crippen LogP contribution is -2.50. The Bertz CT molecular complexity index is 1510. The van der Waals surface area contributed by atoms with Crippen LogP contribution in [-0.4, -0.2) is 23.6 Å². The Morgan fingerprint density at radius 2 is 1.48 bits per heavy atom. The molecule has 1 amide bonds. The molecule has 0 aliphatic rings. The zero-order chi connectivity index (χ0) is 30.5.